The van der Waals surface area contributed by atoms with Crippen LogP contribution in [0.15, 0.2) is 29.4 Å². The summed E-state index contributed by atoms with van der Waals surface area (Å²) in [5.41, 5.74) is 0.933. The monoisotopic (exact) mass is 584 g/mol. The molecule has 0 aliphatic carbocycles. The Balaban J connectivity index is 2.40. The van der Waals surface area contributed by atoms with Gasteiger partial charge in [0.2, 0.25) is 0 Å². The lowest BCUT2D eigenvalue weighted by molar-refractivity contribution is -0.139. The fourth-order valence-corrected chi connectivity index (χ4v) is 1.63. The summed E-state index contributed by atoms with van der Waals surface area (Å²) >= 11 is 6.62. The summed E-state index contributed by atoms with van der Waals surface area (Å²) < 4.78 is 12.7. The highest BCUT2D eigenvalue weighted by Gasteiger charge is 2.07. The molecule has 0 amide bonds. The van der Waals surface area contributed by atoms with E-state index >= 15 is 0 Å². The quantitative estimate of drug-likeness (QED) is 0.293. The Morgan fingerprint density at radius 2 is 1.83 bits per heavy atom. The Bertz CT molecular complexity index is 454. The molecule has 18 heavy (non-hydrogen) atoms. The average molecular weight is 584 g/mol. The van der Waals surface area contributed by atoms with E-state index in [1.807, 2.05) is 25.1 Å². The number of para-hydroxylation sites is 1. The van der Waals surface area contributed by atoms with Crippen LogP contribution in [0.1, 0.15) is 5.56 Å². The van der Waals surface area contributed by atoms with Crippen LogP contribution < -0.4 is 4.74 Å². The standard InChI is InChI=1S/C12H11I3O3/c1-8-4-2-3-5-10(8)18-11(16)7-17-6-9(13)12(14)15/h2-5H,6-7H2,1H3. The van der Waals surface area contributed by atoms with Gasteiger partial charge in [0.25, 0.3) is 0 Å². The van der Waals surface area contributed by atoms with Crippen LogP contribution in [0.3, 0.4) is 0 Å². The molecule has 98 valence electrons. The van der Waals surface area contributed by atoms with Crippen LogP contribution >= 0.6 is 67.8 Å². The van der Waals surface area contributed by atoms with E-state index in [1.54, 1.807) is 6.07 Å². The summed E-state index contributed by atoms with van der Waals surface area (Å²) in [7, 11) is 0. The van der Waals surface area contributed by atoms with Crippen molar-refractivity contribution in [1.82, 2.24) is 0 Å². The number of hydrogen-bond donors (Lipinski definition) is 0. The molecule has 1 rings (SSSR count). The second-order valence-corrected chi connectivity index (χ2v) is 8.92. The summed E-state index contributed by atoms with van der Waals surface area (Å²) in [6, 6.07) is 7.40. The molecule has 0 radical (unpaired) electrons. The van der Waals surface area contributed by atoms with Crippen LogP contribution in [0.25, 0.3) is 0 Å². The number of carbonyl (C=O) groups excluding carboxylic acids is 1. The fraction of sp³-hybridized carbons (Fsp3) is 0.250. The van der Waals surface area contributed by atoms with E-state index in [4.69, 9.17) is 9.47 Å². The molecular weight excluding hydrogens is 573 g/mol. The van der Waals surface area contributed by atoms with E-state index in [2.05, 4.69) is 67.8 Å². The predicted molar refractivity (Wildman–Crippen MR) is 96.7 cm³/mol. The molecule has 0 unspecified atom stereocenters. The molecule has 0 bridgehead atoms. The van der Waals surface area contributed by atoms with Crippen LogP contribution in [0.2, 0.25) is 0 Å². The normalized spacial score (nSPS) is 10.0. The largest absolute Gasteiger partial charge is 0.425 e. The van der Waals surface area contributed by atoms with E-state index in [9.17, 15) is 4.79 Å². The lowest BCUT2D eigenvalue weighted by Gasteiger charge is -2.07. The number of hydrogen-bond acceptors (Lipinski definition) is 3. The zero-order valence-electron chi connectivity index (χ0n) is 9.58. The first kappa shape index (κ1) is 16.6. The SMILES string of the molecule is Cc1ccccc1OC(=O)COCC(I)=C(I)I. The van der Waals surface area contributed by atoms with Crippen LogP contribution in [-0.4, -0.2) is 19.2 Å². The van der Waals surface area contributed by atoms with Gasteiger partial charge in [-0.3, -0.25) is 0 Å². The van der Waals surface area contributed by atoms with E-state index in [0.29, 0.717) is 12.4 Å². The summed E-state index contributed by atoms with van der Waals surface area (Å²) in [5, 5.41) is 0. The molecule has 1 aromatic rings. The van der Waals surface area contributed by atoms with Crippen LogP contribution in [0, 0.1) is 6.92 Å². The summed E-state index contributed by atoms with van der Waals surface area (Å²) in [6.07, 6.45) is 0. The van der Waals surface area contributed by atoms with Crippen molar-refractivity contribution in [3.8, 4) is 5.75 Å². The molecule has 0 N–H and O–H groups in total. The minimum absolute atomic E-state index is 0.0403. The zero-order chi connectivity index (χ0) is 13.5. The molecule has 0 saturated carbocycles. The Labute approximate surface area is 147 Å². The average Bonchev–Trinajstić information content (AvgIpc) is 2.32. The number of carbonyl (C=O) groups is 1. The maximum Gasteiger partial charge on any atom is 0.337 e. The van der Waals surface area contributed by atoms with Crippen molar-refractivity contribution >= 4 is 73.7 Å². The topological polar surface area (TPSA) is 35.5 Å². The molecule has 0 saturated heterocycles. The van der Waals surface area contributed by atoms with Crippen molar-refractivity contribution in [1.29, 1.82) is 0 Å². The number of ether oxygens (including phenoxy) is 2. The maximum atomic E-state index is 11.5. The first-order valence-corrected chi connectivity index (χ1v) is 8.28. The van der Waals surface area contributed by atoms with Gasteiger partial charge in [-0.25, -0.2) is 4.79 Å². The van der Waals surface area contributed by atoms with Gasteiger partial charge >= 0.3 is 5.97 Å². The second kappa shape index (κ2) is 8.69. The summed E-state index contributed by atoms with van der Waals surface area (Å²) in [4.78, 5) is 11.5. The van der Waals surface area contributed by atoms with Gasteiger partial charge in [-0.1, -0.05) is 18.2 Å². The van der Waals surface area contributed by atoms with Gasteiger partial charge in [-0.15, -0.1) is 0 Å². The van der Waals surface area contributed by atoms with Gasteiger partial charge in [0, 0.05) is 3.58 Å². The Hall–Kier alpha value is 0.580. The maximum absolute atomic E-state index is 11.5. The minimum atomic E-state index is -0.378. The van der Waals surface area contributed by atoms with Gasteiger partial charge in [-0.2, -0.15) is 0 Å². The fourth-order valence-electron chi connectivity index (χ4n) is 1.10. The number of aryl methyl sites for hydroxylation is 1. The second-order valence-electron chi connectivity index (χ2n) is 3.40. The van der Waals surface area contributed by atoms with Crippen molar-refractivity contribution in [2.45, 2.75) is 6.92 Å². The first-order valence-electron chi connectivity index (χ1n) is 5.04. The van der Waals surface area contributed by atoms with E-state index in [1.165, 1.54) is 0 Å². The van der Waals surface area contributed by atoms with Crippen molar-refractivity contribution in [3.63, 3.8) is 0 Å². The predicted octanol–water partition coefficient (Wildman–Crippen LogP) is 4.39. The van der Waals surface area contributed by atoms with E-state index in [-0.39, 0.29) is 12.6 Å². The lowest BCUT2D eigenvalue weighted by atomic mass is 10.2. The van der Waals surface area contributed by atoms with Crippen LogP contribution in [0.5, 0.6) is 5.75 Å². The molecule has 1 aromatic carbocycles. The summed E-state index contributed by atoms with van der Waals surface area (Å²) in [5.74, 6) is 0.205. The van der Waals surface area contributed by atoms with Crippen molar-refractivity contribution in [3.05, 3.63) is 35.0 Å². The number of halogens is 3. The molecule has 6 heteroatoms. The van der Waals surface area contributed by atoms with E-state index < -0.39 is 0 Å². The molecule has 3 nitrogen and oxygen atoms in total. The minimum Gasteiger partial charge on any atom is -0.425 e. The molecule has 0 atom stereocenters. The highest BCUT2D eigenvalue weighted by Crippen LogP contribution is 2.25. The van der Waals surface area contributed by atoms with Crippen LogP contribution in [0.4, 0.5) is 0 Å². The zero-order valence-corrected chi connectivity index (χ0v) is 16.1. The number of rotatable bonds is 5. The van der Waals surface area contributed by atoms with Crippen molar-refractivity contribution in [2.75, 3.05) is 13.2 Å². The third kappa shape index (κ3) is 6.15. The molecule has 0 fully saturated rings. The number of esters is 1. The Morgan fingerprint density at radius 3 is 2.44 bits per heavy atom. The highest BCUT2D eigenvalue weighted by atomic mass is 127. The van der Waals surface area contributed by atoms with Crippen LogP contribution in [-0.2, 0) is 9.53 Å². The molecule has 0 heterocycles. The van der Waals surface area contributed by atoms with Gasteiger partial charge < -0.3 is 9.47 Å². The molecule has 0 aliphatic heterocycles. The number of benzene rings is 1. The van der Waals surface area contributed by atoms with Crippen molar-refractivity contribution in [2.24, 2.45) is 0 Å². The molecular formula is C12H11I3O3. The summed E-state index contributed by atoms with van der Waals surface area (Å²) in [6.45, 7) is 2.29. The first-order chi connectivity index (χ1) is 8.50. The van der Waals surface area contributed by atoms with Crippen molar-refractivity contribution < 1.29 is 14.3 Å². The molecule has 0 aliphatic rings. The Kier molecular flexibility index (Phi) is 8.03. The Morgan fingerprint density at radius 1 is 1.17 bits per heavy atom. The van der Waals surface area contributed by atoms with Gasteiger partial charge in [-0.05, 0) is 86.3 Å². The van der Waals surface area contributed by atoms with Gasteiger partial charge in [0.15, 0.2) is 0 Å². The highest BCUT2D eigenvalue weighted by molar-refractivity contribution is 14.2. The van der Waals surface area contributed by atoms with E-state index in [0.717, 1.165) is 10.7 Å². The van der Waals surface area contributed by atoms with Gasteiger partial charge in [0.05, 0.1) is 8.19 Å². The lowest BCUT2D eigenvalue weighted by Crippen LogP contribution is -2.16. The molecule has 0 aromatic heterocycles. The third-order valence-corrected chi connectivity index (χ3v) is 6.19. The van der Waals surface area contributed by atoms with Gasteiger partial charge in [0.1, 0.15) is 12.4 Å². The third-order valence-electron chi connectivity index (χ3n) is 1.97. The molecule has 0 spiro atoms. The smallest absolute Gasteiger partial charge is 0.337 e.